The molecule has 23 nitrogen and oxygen atoms in total. The van der Waals surface area contributed by atoms with Crippen molar-refractivity contribution >= 4 is 96.1 Å². The summed E-state index contributed by atoms with van der Waals surface area (Å²) in [5, 5.41) is 78.7. The van der Waals surface area contributed by atoms with Gasteiger partial charge in [-0.25, -0.2) is 0 Å². The predicted molar refractivity (Wildman–Crippen MR) is 202 cm³/mol. The van der Waals surface area contributed by atoms with E-state index in [0.29, 0.717) is 24.3 Å². The largest absolute Gasteiger partial charge is 0.505 e. The lowest BCUT2D eigenvalue weighted by atomic mass is 10.1. The van der Waals surface area contributed by atoms with Crippen molar-refractivity contribution < 1.29 is 82.5 Å². The van der Waals surface area contributed by atoms with Crippen LogP contribution in [0.5, 0.6) is 34.5 Å². The van der Waals surface area contributed by atoms with Crippen molar-refractivity contribution in [2.75, 3.05) is 5.32 Å². The minimum atomic E-state index is -5.20. The van der Waals surface area contributed by atoms with Gasteiger partial charge in [0.15, 0.2) is 34.5 Å². The molecule has 6 rings (SSSR count). The maximum absolute atomic E-state index is 12.4. The van der Waals surface area contributed by atoms with E-state index in [4.69, 9.17) is 0 Å². The third kappa shape index (κ3) is 8.47. The molecule has 0 aliphatic carbocycles. The van der Waals surface area contributed by atoms with Gasteiger partial charge in [-0.2, -0.15) is 33.7 Å². The summed E-state index contributed by atoms with van der Waals surface area (Å²) in [5.74, 6) is -5.97. The zero-order valence-electron chi connectivity index (χ0n) is 28.6. The van der Waals surface area contributed by atoms with Gasteiger partial charge in [0.1, 0.15) is 42.3 Å². The molecule has 59 heavy (non-hydrogen) atoms. The molecule has 0 saturated heterocycles. The van der Waals surface area contributed by atoms with Gasteiger partial charge in [0, 0.05) is 34.3 Å². The number of anilines is 2. The van der Waals surface area contributed by atoms with E-state index in [0.717, 1.165) is 12.1 Å². The molecule has 0 aliphatic heterocycles. The first-order valence-electron chi connectivity index (χ1n) is 15.5. The first-order chi connectivity index (χ1) is 27.2. The van der Waals surface area contributed by atoms with E-state index >= 15 is 0 Å². The van der Waals surface area contributed by atoms with E-state index in [1.807, 2.05) is 0 Å². The van der Waals surface area contributed by atoms with Crippen LogP contribution in [-0.4, -0.2) is 82.5 Å². The first-order valence-corrected chi connectivity index (χ1v) is 21.2. The summed E-state index contributed by atoms with van der Waals surface area (Å²) in [5.41, 5.74) is -3.01. The Hall–Kier alpha value is -6.72. The summed E-state index contributed by atoms with van der Waals surface area (Å²) in [6, 6.07) is 11.6. The molecule has 0 saturated carbocycles. The van der Waals surface area contributed by atoms with Gasteiger partial charge in [-0.05, 0) is 71.4 Å². The molecule has 0 fully saturated rings. The van der Waals surface area contributed by atoms with Gasteiger partial charge >= 0.3 is 0 Å². The third-order valence-corrected chi connectivity index (χ3v) is 11.5. The Kier molecular flexibility index (Phi) is 10.4. The van der Waals surface area contributed by atoms with Crippen LogP contribution in [0.4, 0.5) is 34.1 Å². The smallest absolute Gasteiger partial charge is 0.296 e. The van der Waals surface area contributed by atoms with Crippen molar-refractivity contribution in [1.82, 2.24) is 0 Å². The van der Waals surface area contributed by atoms with E-state index in [1.165, 1.54) is 36.4 Å². The zero-order chi connectivity index (χ0) is 43.6. The number of nitrogens with one attached hydrogen (secondary N) is 1. The number of nitrogens with zero attached hydrogens (tertiary/aromatic N) is 4. The molecule has 0 bridgehead atoms. The Labute approximate surface area is 330 Å². The summed E-state index contributed by atoms with van der Waals surface area (Å²) < 4.78 is 134. The fraction of sp³-hybridized carbons (Fsp3) is 0. The third-order valence-electron chi connectivity index (χ3n) is 8.14. The minimum Gasteiger partial charge on any atom is -0.505 e. The quantitative estimate of drug-likeness (QED) is 0.0440. The second-order valence-corrected chi connectivity index (χ2v) is 17.7. The molecule has 0 heterocycles. The van der Waals surface area contributed by atoms with E-state index < -0.39 is 117 Å². The number of phenols is 6. The molecule has 0 spiro atoms. The number of benzene rings is 6. The lowest BCUT2D eigenvalue weighted by molar-refractivity contribution is 0.402. The van der Waals surface area contributed by atoms with Crippen LogP contribution in [0, 0.1) is 0 Å². The van der Waals surface area contributed by atoms with Crippen LogP contribution >= 0.6 is 0 Å². The highest BCUT2D eigenvalue weighted by Gasteiger charge is 2.25. The van der Waals surface area contributed by atoms with Gasteiger partial charge in [-0.15, -0.1) is 20.5 Å². The fourth-order valence-electron chi connectivity index (χ4n) is 5.43. The second-order valence-electron chi connectivity index (χ2n) is 12.1. The number of phenolic OH excluding ortho intramolecular Hbond substituents is 6. The minimum absolute atomic E-state index is 0.0449. The molecule has 308 valence electrons. The molecular weight excluding hydrogens is 871 g/mol. The molecular formula is C32H23N5O18S4. The maximum Gasteiger partial charge on any atom is 0.296 e. The van der Waals surface area contributed by atoms with Gasteiger partial charge in [0.05, 0.1) is 0 Å². The Morgan fingerprint density at radius 1 is 0.407 bits per heavy atom. The van der Waals surface area contributed by atoms with Crippen LogP contribution < -0.4 is 5.32 Å². The first kappa shape index (κ1) is 41.9. The summed E-state index contributed by atoms with van der Waals surface area (Å²) in [4.78, 5) is -3.91. The van der Waals surface area contributed by atoms with Crippen molar-refractivity contribution in [3.05, 3.63) is 72.8 Å². The highest BCUT2D eigenvalue weighted by atomic mass is 32.2. The van der Waals surface area contributed by atoms with Crippen LogP contribution in [0.3, 0.4) is 0 Å². The van der Waals surface area contributed by atoms with Crippen LogP contribution in [0.25, 0.3) is 21.5 Å². The molecule has 0 radical (unpaired) electrons. The average molecular weight is 894 g/mol. The van der Waals surface area contributed by atoms with Crippen molar-refractivity contribution in [2.24, 2.45) is 20.5 Å². The summed E-state index contributed by atoms with van der Waals surface area (Å²) in [7, 11) is -20.3. The van der Waals surface area contributed by atoms with E-state index in [-0.39, 0.29) is 32.9 Å². The monoisotopic (exact) mass is 893 g/mol. The standard InChI is InChI=1S/C32H23N5O18S4/c38-23-11-17(56(44,45)46)9-21(31(23)42)34-36-27-25(58(50,51)52)7-13-5-15(1-3-19(13)29(27)40)33-16-2-4-20-14(6-16)8-26(59(53,54)55)28(30(20)41)37-35-22-10-18(57(47,48)49)12-24(39)32(22)43/h1-12,33,38-43H,(H,44,45,46)(H,47,48,49)(H,50,51,52)(H,53,54,55). The van der Waals surface area contributed by atoms with Gasteiger partial charge in [0.2, 0.25) is 0 Å². The number of hydrogen-bond donors (Lipinski definition) is 11. The number of aromatic hydroxyl groups is 6. The van der Waals surface area contributed by atoms with E-state index in [1.54, 1.807) is 0 Å². The van der Waals surface area contributed by atoms with Crippen LogP contribution in [0.2, 0.25) is 0 Å². The average Bonchev–Trinajstić information content (AvgIpc) is 3.11. The Bertz CT molecular complexity index is 3100. The molecule has 0 atom stereocenters. The summed E-state index contributed by atoms with van der Waals surface area (Å²) >= 11 is 0. The SMILES string of the molecule is O=S(=O)(O)c1cc(O)c(O)c(N=Nc2c(S(=O)(=O)O)cc3cc(Nc4ccc5c(O)c(N=Nc6cc(S(=O)(=O)O)cc(O)c6O)c(S(=O)(=O)O)cc5c4)ccc3c2O)c1. The van der Waals surface area contributed by atoms with Crippen molar-refractivity contribution in [1.29, 1.82) is 0 Å². The van der Waals surface area contributed by atoms with E-state index in [9.17, 15) is 82.5 Å². The highest BCUT2D eigenvalue weighted by Crippen LogP contribution is 2.46. The number of hydrogen-bond acceptors (Lipinski definition) is 19. The molecule has 6 aromatic carbocycles. The van der Waals surface area contributed by atoms with Gasteiger partial charge in [0.25, 0.3) is 40.5 Å². The van der Waals surface area contributed by atoms with Crippen molar-refractivity contribution in [3.8, 4) is 34.5 Å². The number of azo groups is 2. The fourth-order valence-corrected chi connectivity index (χ4v) is 7.79. The Morgan fingerprint density at radius 2 is 0.763 bits per heavy atom. The maximum atomic E-state index is 12.4. The van der Waals surface area contributed by atoms with Crippen LogP contribution in [0.15, 0.2) is 113 Å². The molecule has 0 aromatic heterocycles. The van der Waals surface area contributed by atoms with Gasteiger partial charge < -0.3 is 36.0 Å². The van der Waals surface area contributed by atoms with Crippen molar-refractivity contribution in [2.45, 2.75) is 19.6 Å². The lowest BCUT2D eigenvalue weighted by Gasteiger charge is -2.13. The zero-order valence-corrected chi connectivity index (χ0v) is 31.9. The number of fused-ring (bicyclic) bond motifs is 2. The summed E-state index contributed by atoms with van der Waals surface area (Å²) in [6.07, 6.45) is 0. The second kappa shape index (κ2) is 14.6. The molecule has 11 N–H and O–H groups in total. The van der Waals surface area contributed by atoms with Crippen molar-refractivity contribution in [3.63, 3.8) is 0 Å². The lowest BCUT2D eigenvalue weighted by Crippen LogP contribution is -2.00. The van der Waals surface area contributed by atoms with Gasteiger partial charge in [-0.3, -0.25) is 18.2 Å². The highest BCUT2D eigenvalue weighted by molar-refractivity contribution is 7.86. The van der Waals surface area contributed by atoms with Crippen LogP contribution in [0.1, 0.15) is 0 Å². The normalized spacial score (nSPS) is 12.9. The molecule has 27 heteroatoms. The molecule has 0 unspecified atom stereocenters. The Balaban J connectivity index is 1.39. The van der Waals surface area contributed by atoms with E-state index in [2.05, 4.69) is 25.8 Å². The predicted octanol–water partition coefficient (Wildman–Crippen LogP) is 5.79. The topological polar surface area (TPSA) is 400 Å². The molecule has 0 aliphatic rings. The number of rotatable bonds is 10. The van der Waals surface area contributed by atoms with Gasteiger partial charge in [-0.1, -0.05) is 0 Å². The Morgan fingerprint density at radius 3 is 1.08 bits per heavy atom. The van der Waals surface area contributed by atoms with Crippen LogP contribution in [-0.2, 0) is 40.5 Å². The summed E-state index contributed by atoms with van der Waals surface area (Å²) in [6.45, 7) is 0. The molecule has 0 amide bonds. The molecule has 6 aromatic rings.